The van der Waals surface area contributed by atoms with Gasteiger partial charge in [0, 0.05) is 62.5 Å². The smallest absolute Gasteiger partial charge is 0.253 e. The van der Waals surface area contributed by atoms with Gasteiger partial charge in [0.2, 0.25) is 5.91 Å². The summed E-state index contributed by atoms with van der Waals surface area (Å²) in [5.74, 6) is -0.155. The molecule has 1 N–H and O–H groups in total. The minimum absolute atomic E-state index is 0.0169. The molecule has 0 aliphatic carbocycles. The van der Waals surface area contributed by atoms with E-state index < -0.39 is 5.60 Å². The Morgan fingerprint density at radius 2 is 1.75 bits per heavy atom. The van der Waals surface area contributed by atoms with Crippen molar-refractivity contribution in [1.29, 1.82) is 0 Å². The number of carbonyl (C=O) groups excluding carboxylic acids is 2. The minimum atomic E-state index is -0.786. The van der Waals surface area contributed by atoms with E-state index in [1.54, 1.807) is 35.2 Å². The molecule has 4 rings (SSSR count). The van der Waals surface area contributed by atoms with Crippen molar-refractivity contribution in [2.75, 3.05) is 26.2 Å². The lowest BCUT2D eigenvalue weighted by Gasteiger charge is -2.50. The predicted octanol–water partition coefficient (Wildman–Crippen LogP) is 1.59. The van der Waals surface area contributed by atoms with Crippen molar-refractivity contribution in [3.63, 3.8) is 0 Å². The molecule has 2 amide bonds. The van der Waals surface area contributed by atoms with Gasteiger partial charge in [0.1, 0.15) is 6.33 Å². The predicted molar refractivity (Wildman–Crippen MR) is 103 cm³/mol. The van der Waals surface area contributed by atoms with Crippen molar-refractivity contribution in [1.82, 2.24) is 19.8 Å². The Morgan fingerprint density at radius 1 is 1.07 bits per heavy atom. The van der Waals surface area contributed by atoms with E-state index in [4.69, 9.17) is 0 Å². The van der Waals surface area contributed by atoms with Gasteiger partial charge in [0.25, 0.3) is 5.91 Å². The van der Waals surface area contributed by atoms with Crippen LogP contribution in [0.25, 0.3) is 11.1 Å². The highest BCUT2D eigenvalue weighted by atomic mass is 16.3. The molecule has 2 saturated heterocycles. The molecule has 0 saturated carbocycles. The van der Waals surface area contributed by atoms with Gasteiger partial charge < -0.3 is 14.9 Å². The monoisotopic (exact) mass is 380 g/mol. The summed E-state index contributed by atoms with van der Waals surface area (Å²) < 4.78 is 0. The molecule has 1 aromatic heterocycles. The Bertz CT molecular complexity index is 888. The van der Waals surface area contributed by atoms with Gasteiger partial charge in [-0.1, -0.05) is 12.1 Å². The molecule has 28 heavy (non-hydrogen) atoms. The molecule has 7 nitrogen and oxygen atoms in total. The maximum atomic E-state index is 13.1. The van der Waals surface area contributed by atoms with Crippen LogP contribution in [0.2, 0.25) is 0 Å². The summed E-state index contributed by atoms with van der Waals surface area (Å²) in [4.78, 5) is 36.5. The summed E-state index contributed by atoms with van der Waals surface area (Å²) in [6.45, 7) is 3.60. The molecular weight excluding hydrogens is 356 g/mol. The topological polar surface area (TPSA) is 86.6 Å². The molecule has 2 aliphatic rings. The number of piperidine rings is 2. The van der Waals surface area contributed by atoms with Crippen LogP contribution in [0, 0.1) is 5.92 Å². The highest BCUT2D eigenvalue weighted by Gasteiger charge is 2.46. The first kappa shape index (κ1) is 18.6. The lowest BCUT2D eigenvalue weighted by atomic mass is 9.75. The van der Waals surface area contributed by atoms with Crippen molar-refractivity contribution in [2.24, 2.45) is 5.92 Å². The Labute approximate surface area is 164 Å². The van der Waals surface area contributed by atoms with Gasteiger partial charge in [-0.15, -0.1) is 0 Å². The number of likely N-dealkylation sites (tertiary alicyclic amines) is 2. The van der Waals surface area contributed by atoms with Crippen LogP contribution in [0.15, 0.2) is 43.0 Å². The molecule has 2 aromatic rings. The third-order valence-corrected chi connectivity index (χ3v) is 6.01. The second-order valence-electron chi connectivity index (χ2n) is 7.72. The maximum absolute atomic E-state index is 13.1. The number of hydrogen-bond acceptors (Lipinski definition) is 5. The van der Waals surface area contributed by atoms with Crippen LogP contribution >= 0.6 is 0 Å². The normalized spacial score (nSPS) is 24.6. The number of amides is 2. The van der Waals surface area contributed by atoms with E-state index >= 15 is 0 Å². The van der Waals surface area contributed by atoms with Gasteiger partial charge in [-0.3, -0.25) is 9.59 Å². The number of benzene rings is 1. The average molecular weight is 380 g/mol. The zero-order valence-corrected chi connectivity index (χ0v) is 15.9. The lowest BCUT2D eigenvalue weighted by molar-refractivity contribution is -0.143. The first-order valence-electron chi connectivity index (χ1n) is 9.59. The van der Waals surface area contributed by atoms with Crippen molar-refractivity contribution in [3.05, 3.63) is 48.5 Å². The summed E-state index contributed by atoms with van der Waals surface area (Å²) in [5, 5.41) is 11.0. The quantitative estimate of drug-likeness (QED) is 0.855. The molecule has 7 heteroatoms. The second-order valence-corrected chi connectivity index (χ2v) is 7.72. The third kappa shape index (κ3) is 3.49. The molecule has 146 valence electrons. The number of rotatable bonds is 2. The maximum Gasteiger partial charge on any atom is 0.253 e. The number of carbonyl (C=O) groups is 2. The van der Waals surface area contributed by atoms with Gasteiger partial charge in [-0.2, -0.15) is 0 Å². The van der Waals surface area contributed by atoms with E-state index in [1.807, 2.05) is 18.2 Å². The number of aromatic nitrogens is 2. The lowest BCUT2D eigenvalue weighted by Crippen LogP contribution is -2.61. The van der Waals surface area contributed by atoms with Crippen molar-refractivity contribution < 1.29 is 14.7 Å². The van der Waals surface area contributed by atoms with Crippen LogP contribution in [-0.2, 0) is 4.79 Å². The number of aliphatic hydroxyl groups is 1. The molecule has 0 unspecified atom stereocenters. The van der Waals surface area contributed by atoms with Crippen molar-refractivity contribution in [2.45, 2.75) is 25.4 Å². The molecule has 2 aliphatic heterocycles. The molecule has 2 atom stereocenters. The van der Waals surface area contributed by atoms with E-state index in [-0.39, 0.29) is 17.7 Å². The molecule has 0 radical (unpaired) electrons. The van der Waals surface area contributed by atoms with E-state index in [1.165, 1.54) is 6.33 Å². The van der Waals surface area contributed by atoms with Crippen LogP contribution in [0.1, 0.15) is 30.1 Å². The molecule has 0 spiro atoms. The van der Waals surface area contributed by atoms with Gasteiger partial charge >= 0.3 is 0 Å². The van der Waals surface area contributed by atoms with Crippen molar-refractivity contribution >= 4 is 11.8 Å². The minimum Gasteiger partial charge on any atom is -0.389 e. The molecule has 0 bridgehead atoms. The van der Waals surface area contributed by atoms with Crippen LogP contribution < -0.4 is 0 Å². The molecule has 1 aromatic carbocycles. The van der Waals surface area contributed by atoms with Gasteiger partial charge in [-0.05, 0) is 30.5 Å². The van der Waals surface area contributed by atoms with E-state index in [0.717, 1.165) is 11.1 Å². The first-order valence-corrected chi connectivity index (χ1v) is 9.59. The molecule has 3 heterocycles. The van der Waals surface area contributed by atoms with E-state index in [2.05, 4.69) is 9.97 Å². The number of hydrogen-bond donors (Lipinski definition) is 1. The zero-order chi connectivity index (χ0) is 19.7. The Morgan fingerprint density at radius 3 is 2.46 bits per heavy atom. The van der Waals surface area contributed by atoms with Gasteiger partial charge in [0.15, 0.2) is 0 Å². The summed E-state index contributed by atoms with van der Waals surface area (Å²) >= 11 is 0. The summed E-state index contributed by atoms with van der Waals surface area (Å²) in [7, 11) is 0. The van der Waals surface area contributed by atoms with Crippen LogP contribution in [-0.4, -0.2) is 68.5 Å². The summed E-state index contributed by atoms with van der Waals surface area (Å²) in [6, 6.07) is 7.44. The summed E-state index contributed by atoms with van der Waals surface area (Å²) in [6.07, 6.45) is 6.03. The van der Waals surface area contributed by atoms with E-state index in [9.17, 15) is 14.7 Å². The largest absolute Gasteiger partial charge is 0.389 e. The standard InChI is InChI=1S/C21H24N4O3/c1-15(26)24-7-5-21(28)6-8-25(13-19(21)12-24)20(27)17-4-2-3-16(9-17)18-10-22-14-23-11-18/h2-4,9-11,14,19,28H,5-8,12-13H2,1H3/t19-,21-/m1/s1. The SMILES string of the molecule is CC(=O)N1CC[C@@]2(O)CCN(C(=O)c3cccc(-c4cncnc4)c3)C[C@H]2C1. The molecular formula is C21H24N4O3. The highest BCUT2D eigenvalue weighted by Crippen LogP contribution is 2.36. The Hall–Kier alpha value is -2.80. The van der Waals surface area contributed by atoms with Crippen LogP contribution in [0.5, 0.6) is 0 Å². The number of nitrogens with zero attached hydrogens (tertiary/aromatic N) is 4. The zero-order valence-electron chi connectivity index (χ0n) is 15.9. The third-order valence-electron chi connectivity index (χ3n) is 6.01. The fourth-order valence-electron chi connectivity index (χ4n) is 4.24. The highest BCUT2D eigenvalue weighted by molar-refractivity contribution is 5.95. The molecule has 2 fully saturated rings. The fourth-order valence-corrected chi connectivity index (χ4v) is 4.24. The van der Waals surface area contributed by atoms with E-state index in [0.29, 0.717) is 44.6 Å². The number of fused-ring (bicyclic) bond motifs is 1. The van der Waals surface area contributed by atoms with Gasteiger partial charge in [-0.25, -0.2) is 9.97 Å². The fraction of sp³-hybridized carbons (Fsp3) is 0.429. The second kappa shape index (κ2) is 7.31. The first-order chi connectivity index (χ1) is 13.5. The van der Waals surface area contributed by atoms with Crippen LogP contribution in [0.3, 0.4) is 0 Å². The van der Waals surface area contributed by atoms with Crippen molar-refractivity contribution in [3.8, 4) is 11.1 Å². The summed E-state index contributed by atoms with van der Waals surface area (Å²) in [5.41, 5.74) is 1.56. The van der Waals surface area contributed by atoms with Gasteiger partial charge in [0.05, 0.1) is 5.60 Å². The Kier molecular flexibility index (Phi) is 4.85. The van der Waals surface area contributed by atoms with Crippen LogP contribution in [0.4, 0.5) is 0 Å². The Balaban J connectivity index is 1.52. The average Bonchev–Trinajstić information content (AvgIpc) is 2.73.